The number of carbonyl (C=O) groups is 2. The SMILES string of the molecule is CCC1O[C@@H](OCc2ccccc2)C(O[C@@H]2OC(COC(=O)c3ccccc3)[C@H](C)[C@H](C)C2OC(=O)c2ccccc2)[C@@H](C)[C@H]1C. The summed E-state index contributed by atoms with van der Waals surface area (Å²) in [5, 5.41) is 0. The number of benzene rings is 3. The van der Waals surface area contributed by atoms with Gasteiger partial charge in [-0.05, 0) is 54.0 Å². The van der Waals surface area contributed by atoms with Crippen molar-refractivity contribution in [1.82, 2.24) is 0 Å². The van der Waals surface area contributed by atoms with Gasteiger partial charge in [-0.15, -0.1) is 0 Å². The van der Waals surface area contributed by atoms with Crippen molar-refractivity contribution in [3.63, 3.8) is 0 Å². The molecule has 0 bridgehead atoms. The molecule has 0 aliphatic carbocycles. The highest BCUT2D eigenvalue weighted by molar-refractivity contribution is 5.89. The lowest BCUT2D eigenvalue weighted by molar-refractivity contribution is -0.347. The van der Waals surface area contributed by atoms with E-state index in [9.17, 15) is 9.59 Å². The van der Waals surface area contributed by atoms with Gasteiger partial charge in [-0.3, -0.25) is 0 Å². The van der Waals surface area contributed by atoms with Crippen LogP contribution in [0, 0.1) is 23.7 Å². The van der Waals surface area contributed by atoms with Gasteiger partial charge in [0.15, 0.2) is 18.7 Å². The van der Waals surface area contributed by atoms with Gasteiger partial charge in [-0.2, -0.15) is 0 Å². The van der Waals surface area contributed by atoms with E-state index in [0.717, 1.165) is 12.0 Å². The monoisotopic (exact) mass is 630 g/mol. The topological polar surface area (TPSA) is 89.5 Å². The molecule has 2 fully saturated rings. The highest BCUT2D eigenvalue weighted by atomic mass is 16.8. The molecule has 0 saturated carbocycles. The quantitative estimate of drug-likeness (QED) is 0.208. The molecule has 0 N–H and O–H groups in total. The predicted molar refractivity (Wildman–Crippen MR) is 173 cm³/mol. The molecule has 8 nitrogen and oxygen atoms in total. The number of esters is 2. The molecule has 2 saturated heterocycles. The molecule has 0 aromatic heterocycles. The summed E-state index contributed by atoms with van der Waals surface area (Å²) in [5.41, 5.74) is 1.93. The second kappa shape index (κ2) is 15.8. The van der Waals surface area contributed by atoms with E-state index >= 15 is 0 Å². The summed E-state index contributed by atoms with van der Waals surface area (Å²) in [6.07, 6.45) is -2.53. The average molecular weight is 631 g/mol. The molecule has 2 heterocycles. The Kier molecular flexibility index (Phi) is 11.6. The van der Waals surface area contributed by atoms with Crippen LogP contribution in [0.4, 0.5) is 0 Å². The third-order valence-electron chi connectivity index (χ3n) is 9.61. The maximum atomic E-state index is 13.3. The maximum Gasteiger partial charge on any atom is 0.338 e. The van der Waals surface area contributed by atoms with E-state index in [1.807, 2.05) is 56.3 Å². The van der Waals surface area contributed by atoms with Gasteiger partial charge in [0.05, 0.1) is 29.9 Å². The minimum Gasteiger partial charge on any atom is -0.459 e. The molecule has 246 valence electrons. The van der Waals surface area contributed by atoms with Gasteiger partial charge in [0.1, 0.15) is 12.7 Å². The van der Waals surface area contributed by atoms with Gasteiger partial charge in [-0.1, -0.05) is 101 Å². The van der Waals surface area contributed by atoms with Crippen molar-refractivity contribution in [1.29, 1.82) is 0 Å². The molecule has 2 aliphatic rings. The van der Waals surface area contributed by atoms with Gasteiger partial charge in [-0.25, -0.2) is 9.59 Å². The summed E-state index contributed by atoms with van der Waals surface area (Å²) >= 11 is 0. The van der Waals surface area contributed by atoms with Crippen LogP contribution in [0.15, 0.2) is 91.0 Å². The van der Waals surface area contributed by atoms with Crippen LogP contribution in [-0.4, -0.2) is 55.5 Å². The molecule has 0 radical (unpaired) electrons. The van der Waals surface area contributed by atoms with E-state index in [1.54, 1.807) is 48.5 Å². The van der Waals surface area contributed by atoms with E-state index < -0.39 is 42.8 Å². The molecule has 2 aliphatic heterocycles. The lowest BCUT2D eigenvalue weighted by Gasteiger charge is -2.48. The van der Waals surface area contributed by atoms with Gasteiger partial charge in [0, 0.05) is 5.92 Å². The van der Waals surface area contributed by atoms with Crippen molar-refractivity contribution in [3.8, 4) is 0 Å². The second-order valence-electron chi connectivity index (χ2n) is 12.5. The van der Waals surface area contributed by atoms with Crippen molar-refractivity contribution in [2.75, 3.05) is 6.61 Å². The van der Waals surface area contributed by atoms with E-state index in [-0.39, 0.29) is 36.4 Å². The average Bonchev–Trinajstić information content (AvgIpc) is 3.09. The van der Waals surface area contributed by atoms with Crippen LogP contribution in [0.2, 0.25) is 0 Å². The zero-order chi connectivity index (χ0) is 32.6. The molecule has 10 atom stereocenters. The second-order valence-corrected chi connectivity index (χ2v) is 12.5. The summed E-state index contributed by atoms with van der Waals surface area (Å²) in [6, 6.07) is 27.7. The number of hydrogen-bond acceptors (Lipinski definition) is 8. The first-order valence-corrected chi connectivity index (χ1v) is 16.4. The summed E-state index contributed by atoms with van der Waals surface area (Å²) in [6.45, 7) is 10.8. The lowest BCUT2D eigenvalue weighted by atomic mass is 9.81. The fraction of sp³-hybridized carbons (Fsp3) is 0.474. The van der Waals surface area contributed by atoms with E-state index in [2.05, 4.69) is 20.8 Å². The predicted octanol–water partition coefficient (Wildman–Crippen LogP) is 7.08. The smallest absolute Gasteiger partial charge is 0.338 e. The van der Waals surface area contributed by atoms with Crippen molar-refractivity contribution < 1.29 is 38.0 Å². The van der Waals surface area contributed by atoms with E-state index in [1.165, 1.54) is 0 Å². The fourth-order valence-electron chi connectivity index (χ4n) is 6.26. The standard InChI is InChI=1S/C38H46O8/c1-6-31-24(2)26(4)33(37(43-31)42-22-28-16-10-7-11-17-28)46-38-34(45-36(40)30-20-14-9-15-21-30)27(5)25(3)32(44-38)23-41-35(39)29-18-12-8-13-19-29/h7-21,24-27,31-34,37-38H,6,22-23H2,1-5H3/t24-,25-,26+,27+,31?,32?,33?,34?,37-,38+/m1/s1. The Morgan fingerprint density at radius 2 is 1.15 bits per heavy atom. The lowest BCUT2D eigenvalue weighted by Crippen LogP contribution is -2.58. The van der Waals surface area contributed by atoms with Crippen molar-refractivity contribution in [2.24, 2.45) is 23.7 Å². The van der Waals surface area contributed by atoms with Crippen molar-refractivity contribution >= 4 is 11.9 Å². The van der Waals surface area contributed by atoms with Crippen LogP contribution in [0.5, 0.6) is 0 Å². The fourth-order valence-corrected chi connectivity index (χ4v) is 6.26. The van der Waals surface area contributed by atoms with Crippen LogP contribution < -0.4 is 0 Å². The first-order valence-electron chi connectivity index (χ1n) is 16.4. The summed E-state index contributed by atoms with van der Waals surface area (Å²) in [5.74, 6) is -0.971. The number of ether oxygens (including phenoxy) is 6. The van der Waals surface area contributed by atoms with E-state index in [0.29, 0.717) is 17.7 Å². The number of rotatable bonds is 11. The van der Waals surface area contributed by atoms with Gasteiger partial charge < -0.3 is 28.4 Å². The minimum absolute atomic E-state index is 0.00121. The third-order valence-corrected chi connectivity index (χ3v) is 9.61. The Labute approximate surface area is 272 Å². The maximum absolute atomic E-state index is 13.3. The molecule has 4 unspecified atom stereocenters. The highest BCUT2D eigenvalue weighted by Crippen LogP contribution is 2.40. The van der Waals surface area contributed by atoms with Crippen LogP contribution >= 0.6 is 0 Å². The van der Waals surface area contributed by atoms with Gasteiger partial charge >= 0.3 is 11.9 Å². The molecule has 0 amide bonds. The van der Waals surface area contributed by atoms with Crippen LogP contribution in [0.3, 0.4) is 0 Å². The number of carbonyl (C=O) groups excluding carboxylic acids is 2. The highest BCUT2D eigenvalue weighted by Gasteiger charge is 2.49. The van der Waals surface area contributed by atoms with Crippen LogP contribution in [0.1, 0.15) is 67.3 Å². The zero-order valence-corrected chi connectivity index (χ0v) is 27.3. The third kappa shape index (κ3) is 8.04. The molecule has 0 spiro atoms. The molecule has 46 heavy (non-hydrogen) atoms. The largest absolute Gasteiger partial charge is 0.459 e. The van der Waals surface area contributed by atoms with Crippen molar-refractivity contribution in [2.45, 2.75) is 84.6 Å². The van der Waals surface area contributed by atoms with Crippen LogP contribution in [0.25, 0.3) is 0 Å². The normalized spacial score (nSPS) is 31.2. The Balaban J connectivity index is 1.38. The summed E-state index contributed by atoms with van der Waals surface area (Å²) < 4.78 is 38.1. The molecular formula is C38H46O8. The number of hydrogen-bond donors (Lipinski definition) is 0. The molecule has 5 rings (SSSR count). The van der Waals surface area contributed by atoms with Crippen LogP contribution in [-0.2, 0) is 35.0 Å². The Hall–Kier alpha value is -3.56. The minimum atomic E-state index is -0.955. The van der Waals surface area contributed by atoms with E-state index in [4.69, 9.17) is 28.4 Å². The van der Waals surface area contributed by atoms with Gasteiger partial charge in [0.2, 0.25) is 0 Å². The Morgan fingerprint density at radius 3 is 1.76 bits per heavy atom. The zero-order valence-electron chi connectivity index (χ0n) is 27.3. The first kappa shape index (κ1) is 33.8. The molecular weight excluding hydrogens is 584 g/mol. The first-order chi connectivity index (χ1) is 22.3. The Morgan fingerprint density at radius 1 is 0.630 bits per heavy atom. The van der Waals surface area contributed by atoms with Crippen molar-refractivity contribution in [3.05, 3.63) is 108 Å². The summed E-state index contributed by atoms with van der Waals surface area (Å²) in [4.78, 5) is 26.1. The molecule has 8 heteroatoms. The molecule has 3 aromatic carbocycles. The van der Waals surface area contributed by atoms with Gasteiger partial charge in [0.25, 0.3) is 0 Å². The molecule has 3 aromatic rings. The summed E-state index contributed by atoms with van der Waals surface area (Å²) in [7, 11) is 0. The Bertz CT molecular complexity index is 1380.